The quantitative estimate of drug-likeness (QED) is 0.651. The topological polar surface area (TPSA) is 57.7 Å². The zero-order valence-corrected chi connectivity index (χ0v) is 18.9. The van der Waals surface area contributed by atoms with Gasteiger partial charge in [-0.05, 0) is 43.9 Å². The molecular formula is C21H27F3N2O3S2. The Morgan fingerprint density at radius 3 is 2.39 bits per heavy atom. The number of carbonyl (C=O) groups is 1. The van der Waals surface area contributed by atoms with Gasteiger partial charge in [0.2, 0.25) is 15.9 Å². The molecule has 0 aromatic heterocycles. The zero-order chi connectivity index (χ0) is 22.3. The van der Waals surface area contributed by atoms with Crippen molar-refractivity contribution in [2.24, 2.45) is 5.92 Å². The monoisotopic (exact) mass is 476 g/mol. The summed E-state index contributed by atoms with van der Waals surface area (Å²) in [7, 11) is -4.03. The molecule has 2 heterocycles. The van der Waals surface area contributed by atoms with Crippen LogP contribution in [0.25, 0.3) is 0 Å². The van der Waals surface area contributed by atoms with Gasteiger partial charge in [0.1, 0.15) is 0 Å². The van der Waals surface area contributed by atoms with E-state index in [1.54, 1.807) is 11.8 Å². The van der Waals surface area contributed by atoms with Crippen molar-refractivity contribution in [1.29, 1.82) is 0 Å². The zero-order valence-electron chi connectivity index (χ0n) is 17.2. The highest BCUT2D eigenvalue weighted by Crippen LogP contribution is 2.46. The number of thioether (sulfide) groups is 1. The van der Waals surface area contributed by atoms with Crippen LogP contribution in [0.2, 0.25) is 0 Å². The Labute approximate surface area is 185 Å². The van der Waals surface area contributed by atoms with Gasteiger partial charge in [-0.3, -0.25) is 4.79 Å². The smallest absolute Gasteiger partial charge is 0.327 e. The third-order valence-corrected chi connectivity index (χ3v) is 10.1. The lowest BCUT2D eigenvalue weighted by atomic mass is 9.87. The van der Waals surface area contributed by atoms with Crippen LogP contribution in [-0.4, -0.2) is 53.8 Å². The Morgan fingerprint density at radius 1 is 1.06 bits per heavy atom. The fourth-order valence-corrected chi connectivity index (χ4v) is 7.91. The lowest BCUT2D eigenvalue weighted by molar-refractivity contribution is -0.140. The van der Waals surface area contributed by atoms with E-state index in [1.165, 1.54) is 16.8 Å². The molecule has 2 aliphatic heterocycles. The number of hydrogen-bond acceptors (Lipinski definition) is 4. The van der Waals surface area contributed by atoms with Crippen molar-refractivity contribution in [2.75, 3.05) is 25.4 Å². The molecule has 1 aliphatic carbocycles. The normalized spacial score (nSPS) is 23.4. The Bertz CT molecular complexity index is 922. The minimum Gasteiger partial charge on any atom is -0.327 e. The van der Waals surface area contributed by atoms with Crippen LogP contribution in [-0.2, 0) is 21.0 Å². The summed E-state index contributed by atoms with van der Waals surface area (Å²) < 4.78 is 66.3. The highest BCUT2D eigenvalue weighted by Gasteiger charge is 2.49. The average Bonchev–Trinajstić information content (AvgIpc) is 3.16. The molecule has 2 saturated heterocycles. The van der Waals surface area contributed by atoms with Crippen LogP contribution in [0.1, 0.15) is 50.5 Å². The number of alkyl halides is 3. The van der Waals surface area contributed by atoms with Gasteiger partial charge in [0, 0.05) is 31.3 Å². The van der Waals surface area contributed by atoms with Crippen LogP contribution in [0.15, 0.2) is 29.2 Å². The van der Waals surface area contributed by atoms with E-state index >= 15 is 0 Å². The predicted octanol–water partition coefficient (Wildman–Crippen LogP) is 4.34. The number of nitrogens with zero attached hydrogens (tertiary/aromatic N) is 2. The van der Waals surface area contributed by atoms with Crippen molar-refractivity contribution in [3.63, 3.8) is 0 Å². The van der Waals surface area contributed by atoms with E-state index in [1.807, 2.05) is 4.90 Å². The van der Waals surface area contributed by atoms with Crippen molar-refractivity contribution in [2.45, 2.75) is 60.9 Å². The van der Waals surface area contributed by atoms with E-state index in [0.29, 0.717) is 25.5 Å². The van der Waals surface area contributed by atoms with E-state index in [2.05, 4.69) is 0 Å². The van der Waals surface area contributed by atoms with Crippen LogP contribution in [0.3, 0.4) is 0 Å². The number of carbonyl (C=O) groups excluding carboxylic acids is 1. The standard InChI is InChI=1S/C21H27F3N2O3S2/c22-21(23,24)17-7-4-8-18(15-17)31(28,29)25-11-9-20(10-12-25)26(13-14-30-20)19(27)16-5-2-1-3-6-16/h4,7-8,15-16H,1-3,5-6,9-14H2. The van der Waals surface area contributed by atoms with Crippen molar-refractivity contribution in [1.82, 2.24) is 9.21 Å². The number of amides is 1. The maximum atomic E-state index is 13.2. The van der Waals surface area contributed by atoms with Crippen molar-refractivity contribution in [3.05, 3.63) is 29.8 Å². The van der Waals surface area contributed by atoms with Crippen LogP contribution in [0.5, 0.6) is 0 Å². The highest BCUT2D eigenvalue weighted by molar-refractivity contribution is 8.00. The van der Waals surface area contributed by atoms with Gasteiger partial charge in [-0.15, -0.1) is 11.8 Å². The number of benzene rings is 1. The third kappa shape index (κ3) is 4.48. The summed E-state index contributed by atoms with van der Waals surface area (Å²) in [4.78, 5) is 14.4. The number of halogens is 3. The second-order valence-corrected chi connectivity index (χ2v) is 11.9. The van der Waals surface area contributed by atoms with Crippen LogP contribution in [0, 0.1) is 5.92 Å². The molecule has 1 saturated carbocycles. The van der Waals surface area contributed by atoms with Gasteiger partial charge in [0.15, 0.2) is 0 Å². The molecule has 10 heteroatoms. The van der Waals surface area contributed by atoms with E-state index in [0.717, 1.165) is 43.6 Å². The highest BCUT2D eigenvalue weighted by atomic mass is 32.2. The molecule has 1 amide bonds. The molecule has 3 fully saturated rings. The molecule has 1 aromatic carbocycles. The average molecular weight is 477 g/mol. The molecule has 4 rings (SSSR count). The van der Waals surface area contributed by atoms with E-state index < -0.39 is 26.6 Å². The van der Waals surface area contributed by atoms with Gasteiger partial charge in [-0.25, -0.2) is 8.42 Å². The molecule has 3 aliphatic rings. The molecule has 0 N–H and O–H groups in total. The number of rotatable bonds is 3. The summed E-state index contributed by atoms with van der Waals surface area (Å²) in [6, 6.07) is 3.90. The van der Waals surface area contributed by atoms with Gasteiger partial charge in [-0.1, -0.05) is 25.3 Å². The second-order valence-electron chi connectivity index (χ2n) is 8.55. The first-order chi connectivity index (χ1) is 14.6. The SMILES string of the molecule is O=C(C1CCCCC1)N1CCSC12CCN(S(=O)(=O)c1cccc(C(F)(F)F)c1)CC2. The molecule has 172 valence electrons. The fraction of sp³-hybridized carbons (Fsp3) is 0.667. The minimum absolute atomic E-state index is 0.0659. The molecule has 0 unspecified atom stereocenters. The van der Waals surface area contributed by atoms with Crippen LogP contribution in [0.4, 0.5) is 13.2 Å². The third-order valence-electron chi connectivity index (χ3n) is 6.70. The second kappa shape index (κ2) is 8.59. The van der Waals surface area contributed by atoms with Gasteiger partial charge in [0.25, 0.3) is 0 Å². The van der Waals surface area contributed by atoms with Gasteiger partial charge >= 0.3 is 6.18 Å². The molecule has 0 bridgehead atoms. The van der Waals surface area contributed by atoms with Gasteiger partial charge in [-0.2, -0.15) is 17.5 Å². The van der Waals surface area contributed by atoms with Crippen LogP contribution >= 0.6 is 11.8 Å². The summed E-state index contributed by atoms with van der Waals surface area (Å²) >= 11 is 1.72. The Hall–Kier alpha value is -1.26. The molecule has 5 nitrogen and oxygen atoms in total. The first-order valence-electron chi connectivity index (χ1n) is 10.8. The first kappa shape index (κ1) is 22.9. The minimum atomic E-state index is -4.60. The summed E-state index contributed by atoms with van der Waals surface area (Å²) in [6.07, 6.45) is 1.56. The van der Waals surface area contributed by atoms with E-state index in [4.69, 9.17) is 0 Å². The van der Waals surface area contributed by atoms with Crippen molar-refractivity contribution in [3.8, 4) is 0 Å². The maximum Gasteiger partial charge on any atom is 0.416 e. The summed E-state index contributed by atoms with van der Waals surface area (Å²) in [5.41, 5.74) is -0.974. The largest absolute Gasteiger partial charge is 0.416 e. The number of piperidine rings is 1. The number of sulfonamides is 1. The molecule has 1 spiro atoms. The molecular weight excluding hydrogens is 449 g/mol. The van der Waals surface area contributed by atoms with Crippen molar-refractivity contribution >= 4 is 27.7 Å². The lowest BCUT2D eigenvalue weighted by Crippen LogP contribution is -2.54. The van der Waals surface area contributed by atoms with E-state index in [9.17, 15) is 26.4 Å². The Kier molecular flexibility index (Phi) is 6.35. The predicted molar refractivity (Wildman–Crippen MR) is 113 cm³/mol. The summed E-state index contributed by atoms with van der Waals surface area (Å²) in [6.45, 7) is 1.07. The molecule has 31 heavy (non-hydrogen) atoms. The fourth-order valence-electron chi connectivity index (χ4n) is 4.96. The molecule has 1 aromatic rings. The molecule has 0 atom stereocenters. The lowest BCUT2D eigenvalue weighted by Gasteiger charge is -2.44. The van der Waals surface area contributed by atoms with Gasteiger partial charge in [0.05, 0.1) is 15.3 Å². The first-order valence-corrected chi connectivity index (χ1v) is 13.2. The maximum absolute atomic E-state index is 13.2. The van der Waals surface area contributed by atoms with E-state index in [-0.39, 0.29) is 29.8 Å². The van der Waals surface area contributed by atoms with Gasteiger partial charge < -0.3 is 4.90 Å². The summed E-state index contributed by atoms with van der Waals surface area (Å²) in [5.74, 6) is 1.09. The molecule has 0 radical (unpaired) electrons. The Morgan fingerprint density at radius 2 is 1.74 bits per heavy atom. The number of hydrogen-bond donors (Lipinski definition) is 0. The van der Waals surface area contributed by atoms with Crippen LogP contribution < -0.4 is 0 Å². The summed E-state index contributed by atoms with van der Waals surface area (Å²) in [5, 5.41) is 0. The Balaban J connectivity index is 1.48. The van der Waals surface area contributed by atoms with Crippen molar-refractivity contribution < 1.29 is 26.4 Å².